The summed E-state index contributed by atoms with van der Waals surface area (Å²) in [5.74, 6) is 0. The first kappa shape index (κ1) is 13.4. The zero-order valence-corrected chi connectivity index (χ0v) is 11.9. The predicted molar refractivity (Wildman–Crippen MR) is 75.7 cm³/mol. The van der Waals surface area contributed by atoms with Crippen LogP contribution in [0.25, 0.3) is 5.69 Å². The van der Waals surface area contributed by atoms with Crippen LogP contribution >= 0.6 is 23.2 Å². The van der Waals surface area contributed by atoms with Gasteiger partial charge in [0.25, 0.3) is 0 Å². The summed E-state index contributed by atoms with van der Waals surface area (Å²) in [6.07, 6.45) is 2.80. The first-order chi connectivity index (χ1) is 8.67. The van der Waals surface area contributed by atoms with E-state index in [0.717, 1.165) is 18.7 Å². The molecule has 0 radical (unpaired) electrons. The quantitative estimate of drug-likeness (QED) is 0.931. The van der Waals surface area contributed by atoms with E-state index in [2.05, 4.69) is 17.3 Å². The molecule has 1 N–H and O–H groups in total. The van der Waals surface area contributed by atoms with E-state index in [-0.39, 0.29) is 0 Å². The number of rotatable bonds is 4. The van der Waals surface area contributed by atoms with Gasteiger partial charge in [-0.25, -0.2) is 4.68 Å². The molecule has 0 spiro atoms. The minimum absolute atomic E-state index is 0.543. The van der Waals surface area contributed by atoms with Crippen molar-refractivity contribution in [2.24, 2.45) is 0 Å². The molecule has 0 saturated carbocycles. The maximum absolute atomic E-state index is 6.04. The van der Waals surface area contributed by atoms with Gasteiger partial charge in [-0.05, 0) is 31.7 Å². The highest BCUT2D eigenvalue weighted by atomic mass is 35.5. The molecule has 0 unspecified atom stereocenters. The minimum atomic E-state index is 0.543. The average molecular weight is 284 g/mol. The highest BCUT2D eigenvalue weighted by Gasteiger charge is 2.11. The monoisotopic (exact) mass is 283 g/mol. The van der Waals surface area contributed by atoms with Gasteiger partial charge < -0.3 is 5.32 Å². The molecule has 0 aliphatic heterocycles. The predicted octanol–water partition coefficient (Wildman–Crippen LogP) is 3.46. The molecule has 3 nitrogen and oxygen atoms in total. The molecule has 5 heteroatoms. The van der Waals surface area contributed by atoms with Crippen LogP contribution in [0.2, 0.25) is 10.0 Å². The fraction of sp³-hybridized carbons (Fsp3) is 0.308. The SMILES string of the molecule is CCc1c(CNC)cnn1-c1ccc(Cl)c(Cl)c1. The van der Waals surface area contributed by atoms with E-state index in [4.69, 9.17) is 23.2 Å². The van der Waals surface area contributed by atoms with Gasteiger partial charge in [0.2, 0.25) is 0 Å². The third kappa shape index (κ3) is 2.53. The third-order valence-corrected chi connectivity index (χ3v) is 3.54. The Kier molecular flexibility index (Phi) is 4.27. The van der Waals surface area contributed by atoms with Crippen molar-refractivity contribution in [1.29, 1.82) is 0 Å². The molecular weight excluding hydrogens is 269 g/mol. The zero-order valence-electron chi connectivity index (χ0n) is 10.4. The van der Waals surface area contributed by atoms with Gasteiger partial charge in [0, 0.05) is 17.8 Å². The summed E-state index contributed by atoms with van der Waals surface area (Å²) >= 11 is 12.0. The topological polar surface area (TPSA) is 29.9 Å². The number of hydrogen-bond donors (Lipinski definition) is 1. The van der Waals surface area contributed by atoms with Crippen LogP contribution in [0, 0.1) is 0 Å². The molecule has 0 fully saturated rings. The molecule has 0 saturated heterocycles. The van der Waals surface area contributed by atoms with Crippen molar-refractivity contribution in [2.45, 2.75) is 19.9 Å². The molecule has 1 heterocycles. The highest BCUT2D eigenvalue weighted by molar-refractivity contribution is 6.42. The normalized spacial score (nSPS) is 10.9. The fourth-order valence-electron chi connectivity index (χ4n) is 1.96. The Labute approximate surface area is 117 Å². The van der Waals surface area contributed by atoms with Crippen molar-refractivity contribution in [2.75, 3.05) is 7.05 Å². The molecule has 0 atom stereocenters. The largest absolute Gasteiger partial charge is 0.316 e. The second-order valence-corrected chi connectivity index (χ2v) is 4.83. The molecule has 1 aromatic heterocycles. The van der Waals surface area contributed by atoms with Gasteiger partial charge in [-0.15, -0.1) is 0 Å². The second kappa shape index (κ2) is 5.74. The lowest BCUT2D eigenvalue weighted by Gasteiger charge is -2.08. The van der Waals surface area contributed by atoms with Crippen molar-refractivity contribution in [3.8, 4) is 5.69 Å². The maximum atomic E-state index is 6.04. The van der Waals surface area contributed by atoms with Gasteiger partial charge in [-0.3, -0.25) is 0 Å². The maximum Gasteiger partial charge on any atom is 0.0664 e. The lowest BCUT2D eigenvalue weighted by atomic mass is 10.2. The van der Waals surface area contributed by atoms with Gasteiger partial charge in [-0.2, -0.15) is 5.10 Å². The molecule has 0 amide bonds. The molecule has 0 aliphatic rings. The molecule has 1 aromatic carbocycles. The summed E-state index contributed by atoms with van der Waals surface area (Å²) in [6.45, 7) is 2.93. The van der Waals surface area contributed by atoms with E-state index in [1.54, 1.807) is 6.07 Å². The first-order valence-electron chi connectivity index (χ1n) is 5.83. The van der Waals surface area contributed by atoms with Crippen molar-refractivity contribution in [3.63, 3.8) is 0 Å². The Morgan fingerprint density at radius 2 is 2.06 bits per heavy atom. The van der Waals surface area contributed by atoms with E-state index in [1.165, 1.54) is 11.3 Å². The van der Waals surface area contributed by atoms with Crippen LogP contribution in [-0.2, 0) is 13.0 Å². The lowest BCUT2D eigenvalue weighted by Crippen LogP contribution is -2.08. The van der Waals surface area contributed by atoms with Crippen molar-refractivity contribution in [1.82, 2.24) is 15.1 Å². The van der Waals surface area contributed by atoms with Crippen LogP contribution in [0.3, 0.4) is 0 Å². The van der Waals surface area contributed by atoms with Gasteiger partial charge in [0.05, 0.1) is 21.9 Å². The zero-order chi connectivity index (χ0) is 13.1. The average Bonchev–Trinajstić information content (AvgIpc) is 2.76. The number of hydrogen-bond acceptors (Lipinski definition) is 2. The van der Waals surface area contributed by atoms with Crippen molar-refractivity contribution >= 4 is 23.2 Å². The van der Waals surface area contributed by atoms with E-state index in [1.807, 2.05) is 30.1 Å². The summed E-state index contributed by atoms with van der Waals surface area (Å²) < 4.78 is 1.91. The van der Waals surface area contributed by atoms with Crippen LogP contribution < -0.4 is 5.32 Å². The molecule has 0 bridgehead atoms. The van der Waals surface area contributed by atoms with Gasteiger partial charge in [-0.1, -0.05) is 30.1 Å². The Hall–Kier alpha value is -1.03. The van der Waals surface area contributed by atoms with Gasteiger partial charge >= 0.3 is 0 Å². The molecule has 2 rings (SSSR count). The molecule has 2 aromatic rings. The minimum Gasteiger partial charge on any atom is -0.316 e. The van der Waals surface area contributed by atoms with Gasteiger partial charge in [0.15, 0.2) is 0 Å². The van der Waals surface area contributed by atoms with E-state index >= 15 is 0 Å². The summed E-state index contributed by atoms with van der Waals surface area (Å²) in [7, 11) is 1.93. The standard InChI is InChI=1S/C13H15Cl2N3/c1-3-13-9(7-16-2)8-17-18(13)10-4-5-11(14)12(15)6-10/h4-6,8,16H,3,7H2,1-2H3. The van der Waals surface area contributed by atoms with E-state index in [9.17, 15) is 0 Å². The van der Waals surface area contributed by atoms with Crippen LogP contribution in [-0.4, -0.2) is 16.8 Å². The highest BCUT2D eigenvalue weighted by Crippen LogP contribution is 2.25. The number of nitrogens with one attached hydrogen (secondary N) is 1. The van der Waals surface area contributed by atoms with Crippen LogP contribution in [0.15, 0.2) is 24.4 Å². The van der Waals surface area contributed by atoms with Crippen molar-refractivity contribution in [3.05, 3.63) is 45.7 Å². The first-order valence-corrected chi connectivity index (χ1v) is 6.58. The fourth-order valence-corrected chi connectivity index (χ4v) is 2.25. The van der Waals surface area contributed by atoms with Crippen LogP contribution in [0.1, 0.15) is 18.2 Å². The molecule has 96 valence electrons. The number of aromatic nitrogens is 2. The summed E-state index contributed by atoms with van der Waals surface area (Å²) in [4.78, 5) is 0. The molecule has 0 aliphatic carbocycles. The second-order valence-electron chi connectivity index (χ2n) is 4.01. The van der Waals surface area contributed by atoms with Crippen LogP contribution in [0.5, 0.6) is 0 Å². The Morgan fingerprint density at radius 3 is 2.67 bits per heavy atom. The third-order valence-electron chi connectivity index (χ3n) is 2.81. The number of halogens is 2. The van der Waals surface area contributed by atoms with Crippen molar-refractivity contribution < 1.29 is 0 Å². The lowest BCUT2D eigenvalue weighted by molar-refractivity contribution is 0.779. The van der Waals surface area contributed by atoms with E-state index in [0.29, 0.717) is 10.0 Å². The van der Waals surface area contributed by atoms with Gasteiger partial charge in [0.1, 0.15) is 0 Å². The smallest absolute Gasteiger partial charge is 0.0664 e. The van der Waals surface area contributed by atoms with Crippen LogP contribution in [0.4, 0.5) is 0 Å². The van der Waals surface area contributed by atoms with E-state index < -0.39 is 0 Å². The number of benzene rings is 1. The Balaban J connectivity index is 2.46. The summed E-state index contributed by atoms with van der Waals surface area (Å²) in [5, 5.41) is 8.67. The molecule has 18 heavy (non-hydrogen) atoms. The molecular formula is C13H15Cl2N3. The summed E-state index contributed by atoms with van der Waals surface area (Å²) in [6, 6.07) is 5.54. The number of nitrogens with zero attached hydrogens (tertiary/aromatic N) is 2. The Morgan fingerprint density at radius 1 is 1.28 bits per heavy atom. The Bertz CT molecular complexity index is 549. The summed E-state index contributed by atoms with van der Waals surface area (Å²) in [5.41, 5.74) is 3.32.